The summed E-state index contributed by atoms with van der Waals surface area (Å²) >= 11 is 5.90. The third kappa shape index (κ3) is 3.49. The molecule has 0 saturated carbocycles. The second kappa shape index (κ2) is 6.24. The summed E-state index contributed by atoms with van der Waals surface area (Å²) in [6.45, 7) is 1.84. The van der Waals surface area contributed by atoms with Crippen LogP contribution >= 0.6 is 11.6 Å². The van der Waals surface area contributed by atoms with Gasteiger partial charge in [-0.1, -0.05) is 11.6 Å². The van der Waals surface area contributed by atoms with Crippen LogP contribution in [-0.4, -0.2) is 41.1 Å². The van der Waals surface area contributed by atoms with Crippen molar-refractivity contribution in [2.75, 3.05) is 13.2 Å². The number of amides is 2. The van der Waals surface area contributed by atoms with Crippen LogP contribution in [0.25, 0.3) is 0 Å². The number of aliphatic hydroxyl groups is 1. The van der Waals surface area contributed by atoms with Crippen molar-refractivity contribution in [1.82, 2.24) is 4.90 Å². The van der Waals surface area contributed by atoms with E-state index in [1.165, 1.54) is 0 Å². The zero-order valence-electron chi connectivity index (χ0n) is 11.1. The maximum absolute atomic E-state index is 11.4. The molecule has 108 valence electrons. The van der Waals surface area contributed by atoms with Crippen molar-refractivity contribution in [3.63, 3.8) is 0 Å². The van der Waals surface area contributed by atoms with Gasteiger partial charge in [0, 0.05) is 17.9 Å². The van der Waals surface area contributed by atoms with Gasteiger partial charge >= 0.3 is 0 Å². The normalized spacial score (nSPS) is 16.6. The average molecular weight is 298 g/mol. The fraction of sp³-hybridized carbons (Fsp3) is 0.429. The van der Waals surface area contributed by atoms with Gasteiger partial charge in [-0.15, -0.1) is 0 Å². The molecule has 1 atom stereocenters. The summed E-state index contributed by atoms with van der Waals surface area (Å²) in [4.78, 5) is 23.9. The van der Waals surface area contributed by atoms with Crippen LogP contribution < -0.4 is 4.74 Å². The van der Waals surface area contributed by atoms with Gasteiger partial charge in [0.05, 0.1) is 6.54 Å². The molecule has 0 radical (unpaired) electrons. The molecule has 1 aromatic rings. The van der Waals surface area contributed by atoms with Gasteiger partial charge in [-0.25, -0.2) is 0 Å². The highest BCUT2D eigenvalue weighted by Gasteiger charge is 2.30. The van der Waals surface area contributed by atoms with Gasteiger partial charge in [0.15, 0.2) is 0 Å². The van der Waals surface area contributed by atoms with Crippen LogP contribution in [-0.2, 0) is 9.59 Å². The molecule has 1 aromatic carbocycles. The van der Waals surface area contributed by atoms with Crippen LogP contribution in [0.3, 0.4) is 0 Å². The summed E-state index contributed by atoms with van der Waals surface area (Å²) in [6.07, 6.45) is -0.456. The molecule has 20 heavy (non-hydrogen) atoms. The maximum atomic E-state index is 11.4. The van der Waals surface area contributed by atoms with Crippen molar-refractivity contribution in [3.8, 4) is 5.75 Å². The molecule has 2 amide bonds. The SMILES string of the molecule is Cc1cc(OCC(O)CN2C(=O)CCC2=O)ccc1Cl. The van der Waals surface area contributed by atoms with Crippen molar-refractivity contribution in [2.45, 2.75) is 25.9 Å². The highest BCUT2D eigenvalue weighted by Crippen LogP contribution is 2.21. The van der Waals surface area contributed by atoms with Crippen LogP contribution in [0, 0.1) is 6.92 Å². The highest BCUT2D eigenvalue weighted by atomic mass is 35.5. The van der Waals surface area contributed by atoms with Crippen molar-refractivity contribution < 1.29 is 19.4 Å². The monoisotopic (exact) mass is 297 g/mol. The molecule has 1 fully saturated rings. The van der Waals surface area contributed by atoms with Crippen LogP contribution in [0.4, 0.5) is 0 Å². The summed E-state index contributed by atoms with van der Waals surface area (Å²) in [6, 6.07) is 5.18. The molecule has 6 heteroatoms. The van der Waals surface area contributed by atoms with E-state index in [0.29, 0.717) is 10.8 Å². The number of nitrogens with zero attached hydrogens (tertiary/aromatic N) is 1. The Bertz CT molecular complexity index is 516. The zero-order valence-corrected chi connectivity index (χ0v) is 11.9. The molecule has 0 aromatic heterocycles. The molecular formula is C14H16ClNO4. The number of benzene rings is 1. The zero-order chi connectivity index (χ0) is 14.7. The number of aliphatic hydroxyl groups excluding tert-OH is 1. The Morgan fingerprint density at radius 2 is 2.00 bits per heavy atom. The molecule has 1 aliphatic heterocycles. The number of β-amino-alcohol motifs (C(OH)–C–C–N with tert-alkyl or cyclic N) is 1. The lowest BCUT2D eigenvalue weighted by atomic mass is 10.2. The number of ether oxygens (including phenoxy) is 1. The third-order valence-electron chi connectivity index (χ3n) is 3.12. The highest BCUT2D eigenvalue weighted by molar-refractivity contribution is 6.31. The standard InChI is InChI=1S/C14H16ClNO4/c1-9-6-11(2-3-12(9)15)20-8-10(17)7-16-13(18)4-5-14(16)19/h2-3,6,10,17H,4-5,7-8H2,1H3. The van der Waals surface area contributed by atoms with E-state index in [-0.39, 0.29) is 37.8 Å². The number of likely N-dealkylation sites (tertiary alicyclic amines) is 1. The molecule has 1 saturated heterocycles. The first-order valence-electron chi connectivity index (χ1n) is 6.37. The second-order valence-electron chi connectivity index (χ2n) is 4.77. The fourth-order valence-corrected chi connectivity index (χ4v) is 2.11. The van der Waals surface area contributed by atoms with E-state index in [0.717, 1.165) is 10.5 Å². The summed E-state index contributed by atoms with van der Waals surface area (Å²) in [5.74, 6) is 0.109. The Morgan fingerprint density at radius 3 is 2.60 bits per heavy atom. The molecule has 1 unspecified atom stereocenters. The van der Waals surface area contributed by atoms with Gasteiger partial charge in [-0.2, -0.15) is 0 Å². The smallest absolute Gasteiger partial charge is 0.229 e. The van der Waals surface area contributed by atoms with E-state index in [9.17, 15) is 14.7 Å². The van der Waals surface area contributed by atoms with E-state index in [1.54, 1.807) is 18.2 Å². The quantitative estimate of drug-likeness (QED) is 0.837. The molecule has 5 nitrogen and oxygen atoms in total. The minimum absolute atomic E-state index is 0.0120. The number of carbonyl (C=O) groups is 2. The summed E-state index contributed by atoms with van der Waals surface area (Å²) in [5, 5.41) is 10.5. The van der Waals surface area contributed by atoms with Gasteiger partial charge in [-0.05, 0) is 30.7 Å². The Balaban J connectivity index is 1.85. The third-order valence-corrected chi connectivity index (χ3v) is 3.54. The van der Waals surface area contributed by atoms with Crippen LogP contribution in [0.15, 0.2) is 18.2 Å². The van der Waals surface area contributed by atoms with Gasteiger partial charge in [0.2, 0.25) is 11.8 Å². The lowest BCUT2D eigenvalue weighted by molar-refractivity contribution is -0.140. The first-order valence-corrected chi connectivity index (χ1v) is 6.75. The topological polar surface area (TPSA) is 66.8 Å². The molecule has 0 aliphatic carbocycles. The largest absolute Gasteiger partial charge is 0.491 e. The summed E-state index contributed by atoms with van der Waals surface area (Å²) in [5.41, 5.74) is 0.878. The fourth-order valence-electron chi connectivity index (χ4n) is 1.99. The predicted octanol–water partition coefficient (Wildman–Crippen LogP) is 1.54. The van der Waals surface area contributed by atoms with Crippen molar-refractivity contribution in [1.29, 1.82) is 0 Å². The minimum Gasteiger partial charge on any atom is -0.491 e. The van der Waals surface area contributed by atoms with Gasteiger partial charge in [0.1, 0.15) is 18.5 Å². The van der Waals surface area contributed by atoms with Gasteiger partial charge in [0.25, 0.3) is 0 Å². The first kappa shape index (κ1) is 14.8. The van der Waals surface area contributed by atoms with Gasteiger partial charge < -0.3 is 9.84 Å². The lowest BCUT2D eigenvalue weighted by Gasteiger charge is -2.18. The Labute approximate surface area is 122 Å². The van der Waals surface area contributed by atoms with E-state index < -0.39 is 6.10 Å². The van der Waals surface area contributed by atoms with E-state index in [1.807, 2.05) is 6.92 Å². The number of hydrogen-bond acceptors (Lipinski definition) is 4. The molecule has 0 spiro atoms. The number of halogens is 1. The minimum atomic E-state index is -0.906. The molecular weight excluding hydrogens is 282 g/mol. The van der Waals surface area contributed by atoms with E-state index >= 15 is 0 Å². The number of aryl methyl sites for hydroxylation is 1. The van der Waals surface area contributed by atoms with E-state index in [4.69, 9.17) is 16.3 Å². The second-order valence-corrected chi connectivity index (χ2v) is 5.18. The molecule has 1 N–H and O–H groups in total. The Morgan fingerprint density at radius 1 is 1.35 bits per heavy atom. The summed E-state index contributed by atoms with van der Waals surface area (Å²) in [7, 11) is 0. The predicted molar refractivity (Wildman–Crippen MR) is 73.6 cm³/mol. The van der Waals surface area contributed by atoms with E-state index in [2.05, 4.69) is 0 Å². The van der Waals surface area contributed by atoms with Crippen molar-refractivity contribution in [2.24, 2.45) is 0 Å². The summed E-state index contributed by atoms with van der Waals surface area (Å²) < 4.78 is 5.43. The number of hydrogen-bond donors (Lipinski definition) is 1. The lowest BCUT2D eigenvalue weighted by Crippen LogP contribution is -2.38. The van der Waals surface area contributed by atoms with Crippen LogP contribution in [0.1, 0.15) is 18.4 Å². The maximum Gasteiger partial charge on any atom is 0.229 e. The Hall–Kier alpha value is -1.59. The van der Waals surface area contributed by atoms with Crippen LogP contribution in [0.2, 0.25) is 5.02 Å². The first-order chi connectivity index (χ1) is 9.47. The number of carbonyl (C=O) groups excluding carboxylic acids is 2. The molecule has 2 rings (SSSR count). The average Bonchev–Trinajstić information content (AvgIpc) is 2.72. The Kier molecular flexibility index (Phi) is 4.62. The molecule has 1 aliphatic rings. The number of rotatable bonds is 5. The van der Waals surface area contributed by atoms with Crippen LogP contribution in [0.5, 0.6) is 5.75 Å². The van der Waals surface area contributed by atoms with Gasteiger partial charge in [-0.3, -0.25) is 14.5 Å². The molecule has 1 heterocycles. The molecule has 0 bridgehead atoms. The van der Waals surface area contributed by atoms with Crippen molar-refractivity contribution in [3.05, 3.63) is 28.8 Å². The number of imide groups is 1. The van der Waals surface area contributed by atoms with Crippen molar-refractivity contribution >= 4 is 23.4 Å².